The minimum atomic E-state index is -0.819. The van der Waals surface area contributed by atoms with Crippen LogP contribution >= 0.6 is 11.8 Å². The fourth-order valence-electron chi connectivity index (χ4n) is 2.37. The lowest BCUT2D eigenvalue weighted by Crippen LogP contribution is -2.29. The molecule has 1 aliphatic heterocycles. The second-order valence-electron chi connectivity index (χ2n) is 4.86. The van der Waals surface area contributed by atoms with Crippen molar-refractivity contribution < 1.29 is 14.7 Å². The average molecular weight is 279 g/mol. The molecule has 2 atom stereocenters. The first-order chi connectivity index (χ1) is 9.02. The molecule has 5 heteroatoms. The van der Waals surface area contributed by atoms with Crippen molar-refractivity contribution in [1.29, 1.82) is 0 Å². The predicted molar refractivity (Wildman–Crippen MR) is 74.4 cm³/mol. The molecule has 1 aromatic rings. The van der Waals surface area contributed by atoms with Crippen LogP contribution in [-0.4, -0.2) is 41.2 Å². The van der Waals surface area contributed by atoms with Crippen LogP contribution in [0.4, 0.5) is 0 Å². The van der Waals surface area contributed by atoms with Crippen molar-refractivity contribution in [1.82, 2.24) is 4.90 Å². The maximum absolute atomic E-state index is 12.3. The Hall–Kier alpha value is -1.49. The lowest BCUT2D eigenvalue weighted by atomic mass is 9.99. The number of benzene rings is 1. The van der Waals surface area contributed by atoms with Gasteiger partial charge in [0.1, 0.15) is 0 Å². The molecule has 1 amide bonds. The quantitative estimate of drug-likeness (QED) is 0.862. The van der Waals surface area contributed by atoms with Gasteiger partial charge in [-0.3, -0.25) is 9.59 Å². The molecule has 0 aromatic heterocycles. The van der Waals surface area contributed by atoms with Crippen molar-refractivity contribution in [2.75, 3.05) is 19.3 Å². The van der Waals surface area contributed by atoms with Gasteiger partial charge < -0.3 is 10.0 Å². The summed E-state index contributed by atoms with van der Waals surface area (Å²) < 4.78 is 0. The number of carboxylic acid groups (broad SMARTS) is 1. The zero-order chi connectivity index (χ0) is 14.0. The normalized spacial score (nSPS) is 22.5. The molecule has 0 radical (unpaired) electrons. The molecule has 1 aliphatic rings. The number of hydrogen-bond donors (Lipinski definition) is 1. The number of hydrogen-bond acceptors (Lipinski definition) is 3. The molecule has 0 spiro atoms. The molecule has 4 nitrogen and oxygen atoms in total. The Kier molecular flexibility index (Phi) is 4.14. The van der Waals surface area contributed by atoms with E-state index in [1.54, 1.807) is 28.8 Å². The van der Waals surface area contributed by atoms with E-state index in [4.69, 9.17) is 5.11 Å². The number of carbonyl (C=O) groups excluding carboxylic acids is 1. The summed E-state index contributed by atoms with van der Waals surface area (Å²) >= 11 is 1.62. The maximum Gasteiger partial charge on any atom is 0.308 e. The number of rotatable bonds is 3. The van der Waals surface area contributed by atoms with E-state index in [-0.39, 0.29) is 11.8 Å². The van der Waals surface area contributed by atoms with Crippen LogP contribution < -0.4 is 0 Å². The molecular weight excluding hydrogens is 262 g/mol. The zero-order valence-corrected chi connectivity index (χ0v) is 11.8. The first-order valence-electron chi connectivity index (χ1n) is 6.19. The molecule has 1 aromatic carbocycles. The summed E-state index contributed by atoms with van der Waals surface area (Å²) in [4.78, 5) is 26.1. The monoisotopic (exact) mass is 279 g/mol. The van der Waals surface area contributed by atoms with Crippen LogP contribution in [0.15, 0.2) is 29.2 Å². The number of carbonyl (C=O) groups is 2. The van der Waals surface area contributed by atoms with Crippen molar-refractivity contribution >= 4 is 23.6 Å². The zero-order valence-electron chi connectivity index (χ0n) is 11.0. The molecule has 0 aliphatic carbocycles. The van der Waals surface area contributed by atoms with E-state index in [9.17, 15) is 9.59 Å². The molecule has 102 valence electrons. The Morgan fingerprint density at radius 1 is 1.26 bits per heavy atom. The van der Waals surface area contributed by atoms with Crippen LogP contribution in [0.25, 0.3) is 0 Å². The summed E-state index contributed by atoms with van der Waals surface area (Å²) in [5.41, 5.74) is 0.621. The van der Waals surface area contributed by atoms with Gasteiger partial charge in [-0.05, 0) is 36.4 Å². The molecule has 1 heterocycles. The fraction of sp³-hybridized carbons (Fsp3) is 0.429. The Morgan fingerprint density at radius 2 is 1.89 bits per heavy atom. The maximum atomic E-state index is 12.3. The van der Waals surface area contributed by atoms with Gasteiger partial charge in [-0.2, -0.15) is 0 Å². The summed E-state index contributed by atoms with van der Waals surface area (Å²) in [5, 5.41) is 9.08. The highest BCUT2D eigenvalue weighted by molar-refractivity contribution is 7.98. The Balaban J connectivity index is 2.10. The third kappa shape index (κ3) is 2.92. The average Bonchev–Trinajstić information content (AvgIpc) is 2.80. The molecule has 0 saturated carbocycles. The van der Waals surface area contributed by atoms with Crippen molar-refractivity contribution in [3.05, 3.63) is 29.8 Å². The Bertz CT molecular complexity index is 486. The van der Waals surface area contributed by atoms with Gasteiger partial charge in [0.25, 0.3) is 5.91 Å². The smallest absolute Gasteiger partial charge is 0.308 e. The van der Waals surface area contributed by atoms with Gasteiger partial charge in [0.05, 0.1) is 5.92 Å². The SMILES string of the molecule is CSc1ccc(C(=O)N2CC(C)C(C(=O)O)C2)cc1. The number of amides is 1. The molecule has 0 bridgehead atoms. The highest BCUT2D eigenvalue weighted by Gasteiger charge is 2.37. The third-order valence-electron chi connectivity index (χ3n) is 3.55. The van der Waals surface area contributed by atoms with Gasteiger partial charge in [-0.15, -0.1) is 11.8 Å². The van der Waals surface area contributed by atoms with Crippen LogP contribution in [0, 0.1) is 11.8 Å². The molecule has 1 fully saturated rings. The van der Waals surface area contributed by atoms with E-state index in [0.717, 1.165) is 4.90 Å². The fourth-order valence-corrected chi connectivity index (χ4v) is 2.78. The van der Waals surface area contributed by atoms with Gasteiger partial charge in [0.2, 0.25) is 0 Å². The van der Waals surface area contributed by atoms with Gasteiger partial charge >= 0.3 is 5.97 Å². The third-order valence-corrected chi connectivity index (χ3v) is 4.30. The minimum Gasteiger partial charge on any atom is -0.481 e. The van der Waals surface area contributed by atoms with Gasteiger partial charge in [0, 0.05) is 23.5 Å². The number of thioether (sulfide) groups is 1. The second kappa shape index (κ2) is 5.65. The van der Waals surface area contributed by atoms with E-state index < -0.39 is 11.9 Å². The van der Waals surface area contributed by atoms with Crippen LogP contribution in [0.5, 0.6) is 0 Å². The molecule has 1 saturated heterocycles. The molecular formula is C14H17NO3S. The van der Waals surface area contributed by atoms with Crippen LogP contribution in [0.3, 0.4) is 0 Å². The lowest BCUT2D eigenvalue weighted by molar-refractivity contribution is -0.142. The number of aliphatic carboxylic acids is 1. The Morgan fingerprint density at radius 3 is 2.37 bits per heavy atom. The summed E-state index contributed by atoms with van der Waals surface area (Å²) in [7, 11) is 0. The van der Waals surface area contributed by atoms with E-state index >= 15 is 0 Å². The molecule has 2 unspecified atom stereocenters. The highest BCUT2D eigenvalue weighted by Crippen LogP contribution is 2.25. The predicted octanol–water partition coefficient (Wildman–Crippen LogP) is 2.20. The van der Waals surface area contributed by atoms with Gasteiger partial charge in [-0.1, -0.05) is 6.92 Å². The molecule has 1 N–H and O–H groups in total. The largest absolute Gasteiger partial charge is 0.481 e. The second-order valence-corrected chi connectivity index (χ2v) is 5.74. The van der Waals surface area contributed by atoms with Crippen LogP contribution in [-0.2, 0) is 4.79 Å². The summed E-state index contributed by atoms with van der Waals surface area (Å²) in [6.45, 7) is 2.70. The molecule has 19 heavy (non-hydrogen) atoms. The van der Waals surface area contributed by atoms with Crippen molar-refractivity contribution in [2.45, 2.75) is 11.8 Å². The van der Waals surface area contributed by atoms with E-state index in [0.29, 0.717) is 18.7 Å². The number of carboxylic acids is 1. The van der Waals surface area contributed by atoms with Crippen molar-refractivity contribution in [2.24, 2.45) is 11.8 Å². The van der Waals surface area contributed by atoms with E-state index in [1.165, 1.54) is 0 Å². The minimum absolute atomic E-state index is 0.00641. The summed E-state index contributed by atoms with van der Waals surface area (Å²) in [6, 6.07) is 7.41. The summed E-state index contributed by atoms with van der Waals surface area (Å²) in [6.07, 6.45) is 1.98. The lowest BCUT2D eigenvalue weighted by Gasteiger charge is -2.16. The molecule has 2 rings (SSSR count). The van der Waals surface area contributed by atoms with E-state index in [2.05, 4.69) is 0 Å². The van der Waals surface area contributed by atoms with Crippen molar-refractivity contribution in [3.63, 3.8) is 0 Å². The van der Waals surface area contributed by atoms with Crippen LogP contribution in [0.2, 0.25) is 0 Å². The standard InChI is InChI=1S/C14H17NO3S/c1-9-7-15(8-12(9)14(17)18)13(16)10-3-5-11(19-2)6-4-10/h3-6,9,12H,7-8H2,1-2H3,(H,17,18). The topological polar surface area (TPSA) is 57.6 Å². The first-order valence-corrected chi connectivity index (χ1v) is 7.41. The van der Waals surface area contributed by atoms with Crippen LogP contribution in [0.1, 0.15) is 17.3 Å². The van der Waals surface area contributed by atoms with Crippen molar-refractivity contribution in [3.8, 4) is 0 Å². The highest BCUT2D eigenvalue weighted by atomic mass is 32.2. The number of likely N-dealkylation sites (tertiary alicyclic amines) is 1. The van der Waals surface area contributed by atoms with Gasteiger partial charge in [0.15, 0.2) is 0 Å². The summed E-state index contributed by atoms with van der Waals surface area (Å²) in [5.74, 6) is -1.34. The first kappa shape index (κ1) is 13.9. The van der Waals surface area contributed by atoms with Gasteiger partial charge in [-0.25, -0.2) is 0 Å². The number of nitrogens with zero attached hydrogens (tertiary/aromatic N) is 1. The van der Waals surface area contributed by atoms with E-state index in [1.807, 2.05) is 25.3 Å². The Labute approximate surface area is 116 Å².